The van der Waals surface area contributed by atoms with Gasteiger partial charge >= 0.3 is 5.97 Å². The Kier molecular flexibility index (Phi) is 17.9. The summed E-state index contributed by atoms with van der Waals surface area (Å²) in [5.41, 5.74) is 3.10. The van der Waals surface area contributed by atoms with Crippen molar-refractivity contribution in [1.82, 2.24) is 0 Å². The van der Waals surface area contributed by atoms with Crippen LogP contribution in [0.2, 0.25) is 18.1 Å². The minimum atomic E-state index is -1.63. The van der Waals surface area contributed by atoms with Gasteiger partial charge in [-0.3, -0.25) is 4.79 Å². The van der Waals surface area contributed by atoms with E-state index in [2.05, 4.69) is 87.7 Å². The quantitative estimate of drug-likeness (QED) is 0.187. The van der Waals surface area contributed by atoms with Gasteiger partial charge in [0.15, 0.2) is 8.32 Å². The second kappa shape index (κ2) is 19.6. The number of ether oxygens (including phenoxy) is 3. The Morgan fingerprint density at radius 1 is 0.727 bits per heavy atom. The minimum absolute atomic E-state index is 0.0184. The van der Waals surface area contributed by atoms with Gasteiger partial charge in [0.25, 0.3) is 0 Å². The average Bonchev–Trinajstić information content (AvgIpc) is 2.96. The number of halogens is 3. The van der Waals surface area contributed by atoms with Gasteiger partial charge in [-0.05, 0) is 84.1 Å². The molecule has 0 aliphatic rings. The molecule has 0 saturated heterocycles. The summed E-state index contributed by atoms with van der Waals surface area (Å²) in [6, 6.07) is 17.0. The Morgan fingerprint density at radius 2 is 1.11 bits per heavy atom. The summed E-state index contributed by atoms with van der Waals surface area (Å²) >= 11 is 10.3. The highest BCUT2D eigenvalue weighted by Crippen LogP contribution is 2.36. The normalized spacial score (nSPS) is 11.0. The molecule has 0 saturated carbocycles. The maximum atomic E-state index is 10.4. The predicted octanol–water partition coefficient (Wildman–Crippen LogP) is 9.10. The zero-order valence-corrected chi connectivity index (χ0v) is 32.6. The fourth-order valence-corrected chi connectivity index (χ4v) is 6.09. The summed E-state index contributed by atoms with van der Waals surface area (Å²) in [6.07, 6.45) is 1.62. The molecule has 3 aromatic carbocycles. The Labute approximate surface area is 288 Å². The molecule has 2 N–H and O–H groups in total. The van der Waals surface area contributed by atoms with Crippen LogP contribution in [-0.4, -0.2) is 59.0 Å². The molecule has 0 amide bonds. The molecule has 0 unspecified atom stereocenters. The van der Waals surface area contributed by atoms with Crippen molar-refractivity contribution < 1.29 is 33.6 Å². The molecule has 244 valence electrons. The third-order valence-electron chi connectivity index (χ3n) is 7.14. The molecule has 0 fully saturated rings. The van der Waals surface area contributed by atoms with Crippen LogP contribution >= 0.6 is 47.8 Å². The summed E-state index contributed by atoms with van der Waals surface area (Å²) in [7, 11) is 3.25. The summed E-state index contributed by atoms with van der Waals surface area (Å²) in [5.74, 6) is 1.57. The molecule has 0 aliphatic heterocycles. The third kappa shape index (κ3) is 14.0. The van der Waals surface area contributed by atoms with E-state index in [0.29, 0.717) is 12.2 Å². The van der Waals surface area contributed by atoms with Crippen molar-refractivity contribution in [3.05, 3.63) is 84.7 Å². The molecular weight excluding hydrogens is 776 g/mol. The maximum Gasteiger partial charge on any atom is 0.307 e. The molecule has 0 spiro atoms. The fraction of sp³-hybridized carbons (Fsp3) is 0.424. The number of carbonyl (C=O) groups is 1. The van der Waals surface area contributed by atoms with Gasteiger partial charge in [0.1, 0.15) is 17.2 Å². The van der Waals surface area contributed by atoms with Crippen LogP contribution in [0.3, 0.4) is 0 Å². The number of aliphatic hydroxyl groups excluding tert-OH is 1. The monoisotopic (exact) mass is 818 g/mol. The lowest BCUT2D eigenvalue weighted by Crippen LogP contribution is -2.41. The van der Waals surface area contributed by atoms with Crippen LogP contribution in [0.5, 0.6) is 17.2 Å². The molecule has 0 atom stereocenters. The number of aliphatic hydroxyl groups is 1. The first-order valence-corrected chi connectivity index (χ1v) is 19.3. The van der Waals surface area contributed by atoms with Crippen LogP contribution < -0.4 is 14.2 Å². The van der Waals surface area contributed by atoms with E-state index in [1.54, 1.807) is 39.5 Å². The van der Waals surface area contributed by atoms with Gasteiger partial charge in [-0.1, -0.05) is 86.8 Å². The summed E-state index contributed by atoms with van der Waals surface area (Å²) in [5, 5.41) is 17.6. The van der Waals surface area contributed by atoms with Gasteiger partial charge < -0.3 is 28.8 Å². The predicted molar refractivity (Wildman–Crippen MR) is 191 cm³/mol. The highest BCUT2D eigenvalue weighted by Gasteiger charge is 2.36. The van der Waals surface area contributed by atoms with Crippen molar-refractivity contribution in [2.45, 2.75) is 58.2 Å². The number of benzene rings is 3. The Hall–Kier alpha value is -1.89. The highest BCUT2D eigenvalue weighted by atomic mass is 79.9. The van der Waals surface area contributed by atoms with E-state index in [9.17, 15) is 4.79 Å². The molecule has 7 nitrogen and oxygen atoms in total. The Bertz CT molecular complexity index is 1330. The molecular formula is C33H45Br3O7Si. The lowest BCUT2D eigenvalue weighted by atomic mass is 10.1. The first-order chi connectivity index (χ1) is 20.6. The van der Waals surface area contributed by atoms with Crippen LogP contribution in [0.15, 0.2) is 68.0 Å². The van der Waals surface area contributed by atoms with Crippen molar-refractivity contribution in [2.24, 2.45) is 0 Å². The minimum Gasteiger partial charge on any atom is -0.497 e. The molecule has 0 heterocycles. The van der Waals surface area contributed by atoms with Crippen molar-refractivity contribution in [3.63, 3.8) is 0 Å². The number of carboxylic acids is 1. The second-order valence-corrected chi connectivity index (χ2v) is 18.6. The van der Waals surface area contributed by atoms with Crippen molar-refractivity contribution in [2.75, 3.05) is 34.5 Å². The lowest BCUT2D eigenvalue weighted by Gasteiger charge is -2.36. The largest absolute Gasteiger partial charge is 0.497 e. The van der Waals surface area contributed by atoms with Crippen LogP contribution in [0.1, 0.15) is 37.5 Å². The SMILES string of the molecule is COc1ccc(CC(=O)O)c(Br)c1.COc1ccc(CCO)c(Br)c1.COc1ccc(CCO[Si](C)(C)C(C)(C)C)c(Br)c1. The number of hydrogen-bond donors (Lipinski definition) is 2. The molecule has 44 heavy (non-hydrogen) atoms. The summed E-state index contributed by atoms with van der Waals surface area (Å²) < 4.78 is 24.2. The first kappa shape index (κ1) is 40.1. The molecule has 0 aromatic heterocycles. The van der Waals surface area contributed by atoms with Gasteiger partial charge in [0, 0.05) is 26.6 Å². The smallest absolute Gasteiger partial charge is 0.307 e. The van der Waals surface area contributed by atoms with E-state index in [1.807, 2.05) is 30.3 Å². The van der Waals surface area contributed by atoms with Crippen LogP contribution in [0, 0.1) is 0 Å². The zero-order chi connectivity index (χ0) is 33.5. The summed E-state index contributed by atoms with van der Waals surface area (Å²) in [6.45, 7) is 12.3. The Balaban J connectivity index is 0.000000342. The topological polar surface area (TPSA) is 94.5 Å². The van der Waals surface area contributed by atoms with Gasteiger partial charge in [-0.25, -0.2) is 0 Å². The third-order valence-corrected chi connectivity index (χ3v) is 13.9. The van der Waals surface area contributed by atoms with Crippen molar-refractivity contribution in [1.29, 1.82) is 0 Å². The molecule has 0 bridgehead atoms. The van der Waals surface area contributed by atoms with E-state index in [1.165, 1.54) is 5.56 Å². The maximum absolute atomic E-state index is 10.4. The van der Waals surface area contributed by atoms with Crippen molar-refractivity contribution >= 4 is 62.1 Å². The average molecular weight is 822 g/mol. The molecule has 11 heteroatoms. The van der Waals surface area contributed by atoms with Gasteiger partial charge in [-0.2, -0.15) is 0 Å². The highest BCUT2D eigenvalue weighted by molar-refractivity contribution is 9.11. The molecule has 0 radical (unpaired) electrons. The van der Waals surface area contributed by atoms with E-state index >= 15 is 0 Å². The van der Waals surface area contributed by atoms with Crippen molar-refractivity contribution in [3.8, 4) is 17.2 Å². The van der Waals surface area contributed by atoms with Crippen LogP contribution in [0.25, 0.3) is 0 Å². The molecule has 0 aliphatic carbocycles. The number of methoxy groups -OCH3 is 3. The zero-order valence-electron chi connectivity index (χ0n) is 26.8. The van der Waals surface area contributed by atoms with E-state index in [-0.39, 0.29) is 18.1 Å². The second-order valence-electron chi connectivity index (χ2n) is 11.3. The number of carboxylic acid groups (broad SMARTS) is 1. The van der Waals surface area contributed by atoms with Crippen LogP contribution in [-0.2, 0) is 28.5 Å². The van der Waals surface area contributed by atoms with E-state index in [0.717, 1.165) is 49.1 Å². The Morgan fingerprint density at radius 3 is 1.43 bits per heavy atom. The van der Waals surface area contributed by atoms with E-state index < -0.39 is 14.3 Å². The molecule has 3 aromatic rings. The summed E-state index contributed by atoms with van der Waals surface area (Å²) in [4.78, 5) is 10.4. The van der Waals surface area contributed by atoms with Gasteiger partial charge in [0.2, 0.25) is 0 Å². The molecule has 3 rings (SSSR count). The van der Waals surface area contributed by atoms with E-state index in [4.69, 9.17) is 28.8 Å². The van der Waals surface area contributed by atoms with Gasteiger partial charge in [-0.15, -0.1) is 0 Å². The number of rotatable bonds is 11. The number of aliphatic carboxylic acids is 1. The first-order valence-electron chi connectivity index (χ1n) is 14.0. The number of hydrogen-bond acceptors (Lipinski definition) is 6. The fourth-order valence-electron chi connectivity index (χ4n) is 3.43. The van der Waals surface area contributed by atoms with Crippen LogP contribution in [0.4, 0.5) is 0 Å². The standard InChI is InChI=1S/C15H25BrO2Si.C9H9BrO3.C9H11BrO2/c1-15(2,3)19(5,6)18-10-9-12-7-8-13(17-4)11-14(12)16;1-13-7-3-2-6(4-9(11)12)8(10)5-7;1-12-8-3-2-7(4-5-11)9(10)6-8/h7-8,11H,9-10H2,1-6H3;2-3,5H,4H2,1H3,(H,11,12);2-3,6,11H,4-5H2,1H3. The lowest BCUT2D eigenvalue weighted by molar-refractivity contribution is -0.136. The van der Waals surface area contributed by atoms with Gasteiger partial charge in [0.05, 0.1) is 27.8 Å².